The van der Waals surface area contributed by atoms with Gasteiger partial charge in [-0.1, -0.05) is 6.92 Å². The van der Waals surface area contributed by atoms with Crippen molar-refractivity contribution >= 4 is 5.91 Å². The van der Waals surface area contributed by atoms with Crippen molar-refractivity contribution in [3.05, 3.63) is 30.1 Å². The summed E-state index contributed by atoms with van der Waals surface area (Å²) in [6, 6.07) is 3.44. The molecule has 1 aromatic heterocycles. The maximum Gasteiger partial charge on any atom is 0.253 e. The van der Waals surface area contributed by atoms with Crippen LogP contribution >= 0.6 is 0 Å². The number of carbonyl (C=O) groups excluding carboxylic acids is 1. The van der Waals surface area contributed by atoms with E-state index in [9.17, 15) is 9.90 Å². The van der Waals surface area contributed by atoms with Gasteiger partial charge in [0, 0.05) is 31.0 Å². The molecule has 1 fully saturated rings. The second-order valence-corrected chi connectivity index (χ2v) is 4.32. The number of pyridine rings is 1. The molecule has 0 aromatic carbocycles. The average molecular weight is 220 g/mol. The van der Waals surface area contributed by atoms with E-state index in [-0.39, 0.29) is 17.9 Å². The SMILES string of the molecule is CC1CN(C(=O)c2ccncc2)CCC1O. The van der Waals surface area contributed by atoms with Gasteiger partial charge >= 0.3 is 0 Å². The van der Waals surface area contributed by atoms with Gasteiger partial charge in [0.2, 0.25) is 0 Å². The average Bonchev–Trinajstić information content (AvgIpc) is 2.33. The molecule has 4 heteroatoms. The van der Waals surface area contributed by atoms with Crippen LogP contribution in [0.15, 0.2) is 24.5 Å². The van der Waals surface area contributed by atoms with Crippen molar-refractivity contribution in [3.63, 3.8) is 0 Å². The number of likely N-dealkylation sites (tertiary alicyclic amines) is 1. The Kier molecular flexibility index (Phi) is 3.19. The maximum atomic E-state index is 12.1. The molecular formula is C12H16N2O2. The van der Waals surface area contributed by atoms with Gasteiger partial charge in [0.05, 0.1) is 6.10 Å². The van der Waals surface area contributed by atoms with E-state index in [0.29, 0.717) is 25.1 Å². The zero-order valence-electron chi connectivity index (χ0n) is 9.34. The summed E-state index contributed by atoms with van der Waals surface area (Å²) in [7, 11) is 0. The van der Waals surface area contributed by atoms with Gasteiger partial charge in [-0.05, 0) is 24.5 Å². The quantitative estimate of drug-likeness (QED) is 0.765. The zero-order valence-corrected chi connectivity index (χ0v) is 9.34. The van der Waals surface area contributed by atoms with Crippen LogP contribution in [-0.4, -0.2) is 40.1 Å². The number of rotatable bonds is 1. The van der Waals surface area contributed by atoms with Gasteiger partial charge in [-0.25, -0.2) is 0 Å². The first-order valence-electron chi connectivity index (χ1n) is 5.56. The van der Waals surface area contributed by atoms with Gasteiger partial charge in [0.1, 0.15) is 0 Å². The van der Waals surface area contributed by atoms with Crippen molar-refractivity contribution < 1.29 is 9.90 Å². The molecule has 2 atom stereocenters. The summed E-state index contributed by atoms with van der Waals surface area (Å²) in [5, 5.41) is 9.60. The maximum absolute atomic E-state index is 12.1. The Morgan fingerprint density at radius 2 is 2.19 bits per heavy atom. The van der Waals surface area contributed by atoms with Crippen molar-refractivity contribution in [1.82, 2.24) is 9.88 Å². The molecule has 0 spiro atoms. The monoisotopic (exact) mass is 220 g/mol. The molecule has 1 amide bonds. The lowest BCUT2D eigenvalue weighted by Gasteiger charge is -2.34. The molecule has 1 aliphatic heterocycles. The molecule has 0 saturated carbocycles. The molecular weight excluding hydrogens is 204 g/mol. The summed E-state index contributed by atoms with van der Waals surface area (Å²) in [4.78, 5) is 17.8. The fourth-order valence-corrected chi connectivity index (χ4v) is 1.99. The molecule has 4 nitrogen and oxygen atoms in total. The number of nitrogens with zero attached hydrogens (tertiary/aromatic N) is 2. The van der Waals surface area contributed by atoms with E-state index in [4.69, 9.17) is 0 Å². The number of carbonyl (C=O) groups is 1. The molecule has 1 aliphatic rings. The van der Waals surface area contributed by atoms with Gasteiger partial charge in [-0.2, -0.15) is 0 Å². The highest BCUT2D eigenvalue weighted by atomic mass is 16.3. The predicted molar refractivity (Wildman–Crippen MR) is 59.9 cm³/mol. The molecule has 0 aliphatic carbocycles. The summed E-state index contributed by atoms with van der Waals surface area (Å²) >= 11 is 0. The van der Waals surface area contributed by atoms with Crippen LogP contribution in [0.2, 0.25) is 0 Å². The largest absolute Gasteiger partial charge is 0.393 e. The van der Waals surface area contributed by atoms with E-state index in [2.05, 4.69) is 4.98 Å². The number of aliphatic hydroxyl groups excluding tert-OH is 1. The van der Waals surface area contributed by atoms with Crippen molar-refractivity contribution in [2.75, 3.05) is 13.1 Å². The van der Waals surface area contributed by atoms with Gasteiger partial charge in [-0.3, -0.25) is 9.78 Å². The Labute approximate surface area is 94.9 Å². The Hall–Kier alpha value is -1.42. The summed E-state index contributed by atoms with van der Waals surface area (Å²) in [5.74, 6) is 0.181. The number of aliphatic hydroxyl groups is 1. The topological polar surface area (TPSA) is 53.4 Å². The van der Waals surface area contributed by atoms with Gasteiger partial charge in [-0.15, -0.1) is 0 Å². The molecule has 2 heterocycles. The van der Waals surface area contributed by atoms with E-state index < -0.39 is 0 Å². The number of hydrogen-bond donors (Lipinski definition) is 1. The highest BCUT2D eigenvalue weighted by Gasteiger charge is 2.27. The van der Waals surface area contributed by atoms with E-state index in [1.807, 2.05) is 6.92 Å². The lowest BCUT2D eigenvalue weighted by Crippen LogP contribution is -2.44. The van der Waals surface area contributed by atoms with Crippen molar-refractivity contribution in [3.8, 4) is 0 Å². The Morgan fingerprint density at radius 1 is 1.50 bits per heavy atom. The highest BCUT2D eigenvalue weighted by Crippen LogP contribution is 2.18. The highest BCUT2D eigenvalue weighted by molar-refractivity contribution is 5.94. The second kappa shape index (κ2) is 4.61. The molecule has 0 bridgehead atoms. The molecule has 0 radical (unpaired) electrons. The Morgan fingerprint density at radius 3 is 2.81 bits per heavy atom. The van der Waals surface area contributed by atoms with Crippen LogP contribution in [0, 0.1) is 5.92 Å². The van der Waals surface area contributed by atoms with E-state index in [0.717, 1.165) is 0 Å². The van der Waals surface area contributed by atoms with Crippen molar-refractivity contribution in [2.24, 2.45) is 5.92 Å². The molecule has 2 rings (SSSR count). The summed E-state index contributed by atoms with van der Waals surface area (Å²) in [6.07, 6.45) is 3.63. The van der Waals surface area contributed by atoms with Crippen molar-refractivity contribution in [1.29, 1.82) is 0 Å². The Balaban J connectivity index is 2.06. The minimum atomic E-state index is -0.276. The van der Waals surface area contributed by atoms with E-state index >= 15 is 0 Å². The third kappa shape index (κ3) is 2.22. The zero-order chi connectivity index (χ0) is 11.5. The number of amides is 1. The van der Waals surface area contributed by atoms with E-state index in [1.165, 1.54) is 0 Å². The van der Waals surface area contributed by atoms with Gasteiger partial charge in [0.15, 0.2) is 0 Å². The molecule has 1 N–H and O–H groups in total. The first-order chi connectivity index (χ1) is 7.68. The van der Waals surface area contributed by atoms with Crippen LogP contribution in [0.5, 0.6) is 0 Å². The first-order valence-corrected chi connectivity index (χ1v) is 5.56. The normalized spacial score (nSPS) is 25.5. The molecule has 16 heavy (non-hydrogen) atoms. The van der Waals surface area contributed by atoms with Crippen LogP contribution in [0.3, 0.4) is 0 Å². The third-order valence-electron chi connectivity index (χ3n) is 3.07. The van der Waals surface area contributed by atoms with Gasteiger partial charge in [0.25, 0.3) is 5.91 Å². The molecule has 1 aromatic rings. The first kappa shape index (κ1) is 11.1. The predicted octanol–water partition coefficient (Wildman–Crippen LogP) is 0.924. The second-order valence-electron chi connectivity index (χ2n) is 4.32. The number of hydrogen-bond acceptors (Lipinski definition) is 3. The lowest BCUT2D eigenvalue weighted by molar-refractivity contribution is 0.0297. The van der Waals surface area contributed by atoms with Crippen LogP contribution < -0.4 is 0 Å². The minimum absolute atomic E-state index is 0.0288. The fraction of sp³-hybridized carbons (Fsp3) is 0.500. The summed E-state index contributed by atoms with van der Waals surface area (Å²) < 4.78 is 0. The van der Waals surface area contributed by atoms with Crippen molar-refractivity contribution in [2.45, 2.75) is 19.4 Å². The smallest absolute Gasteiger partial charge is 0.253 e. The third-order valence-corrected chi connectivity index (χ3v) is 3.07. The minimum Gasteiger partial charge on any atom is -0.393 e. The van der Waals surface area contributed by atoms with Crippen LogP contribution in [0.25, 0.3) is 0 Å². The molecule has 1 saturated heterocycles. The van der Waals surface area contributed by atoms with E-state index in [1.54, 1.807) is 29.4 Å². The fourth-order valence-electron chi connectivity index (χ4n) is 1.99. The van der Waals surface area contributed by atoms with Crippen LogP contribution in [0.1, 0.15) is 23.7 Å². The lowest BCUT2D eigenvalue weighted by atomic mass is 9.96. The number of aromatic nitrogens is 1. The summed E-state index contributed by atoms with van der Waals surface area (Å²) in [6.45, 7) is 3.23. The molecule has 86 valence electrons. The summed E-state index contributed by atoms with van der Waals surface area (Å²) in [5.41, 5.74) is 0.665. The van der Waals surface area contributed by atoms with Crippen LogP contribution in [0.4, 0.5) is 0 Å². The van der Waals surface area contributed by atoms with Gasteiger partial charge < -0.3 is 10.0 Å². The van der Waals surface area contributed by atoms with Crippen LogP contribution in [-0.2, 0) is 0 Å². The number of piperidine rings is 1. The molecule has 2 unspecified atom stereocenters. The standard InChI is InChI=1S/C12H16N2O2/c1-9-8-14(7-4-11(9)15)12(16)10-2-5-13-6-3-10/h2-3,5-6,9,11,15H,4,7-8H2,1H3. The Bertz CT molecular complexity index is 367.